The third-order valence-electron chi connectivity index (χ3n) is 2.84. The Balaban J connectivity index is 0.00000400. The van der Waals surface area contributed by atoms with Crippen LogP contribution >= 0.6 is 24.0 Å². The molecule has 1 aromatic rings. The van der Waals surface area contributed by atoms with E-state index in [0.717, 1.165) is 43.1 Å². The summed E-state index contributed by atoms with van der Waals surface area (Å²) < 4.78 is 10.6. The van der Waals surface area contributed by atoms with E-state index in [2.05, 4.69) is 10.3 Å². The van der Waals surface area contributed by atoms with Gasteiger partial charge in [-0.25, -0.2) is 4.99 Å². The van der Waals surface area contributed by atoms with E-state index in [1.54, 1.807) is 7.11 Å². The first-order valence-corrected chi connectivity index (χ1v) is 6.92. The molecule has 0 aromatic heterocycles. The molecule has 21 heavy (non-hydrogen) atoms. The third kappa shape index (κ3) is 8.11. The van der Waals surface area contributed by atoms with Crippen LogP contribution in [0.15, 0.2) is 23.2 Å². The highest BCUT2D eigenvalue weighted by Crippen LogP contribution is 2.20. The fourth-order valence-corrected chi connectivity index (χ4v) is 1.74. The SMILES string of the molecule is CCOCCCNC(N)=NCc1ccc(C)cc1OC.I. The maximum Gasteiger partial charge on any atom is 0.188 e. The van der Waals surface area contributed by atoms with Gasteiger partial charge in [0.1, 0.15) is 5.75 Å². The molecule has 6 heteroatoms. The quantitative estimate of drug-likeness (QED) is 0.301. The van der Waals surface area contributed by atoms with Crippen LogP contribution in [-0.4, -0.2) is 32.8 Å². The second kappa shape index (κ2) is 11.6. The van der Waals surface area contributed by atoms with E-state index in [0.29, 0.717) is 12.5 Å². The monoisotopic (exact) mass is 407 g/mol. The molecule has 0 atom stereocenters. The zero-order valence-corrected chi connectivity index (χ0v) is 15.3. The lowest BCUT2D eigenvalue weighted by Gasteiger charge is -2.09. The molecule has 0 saturated heterocycles. The fourth-order valence-electron chi connectivity index (χ4n) is 1.74. The Hall–Kier alpha value is -1.02. The Morgan fingerprint density at radius 3 is 2.81 bits per heavy atom. The number of methoxy groups -OCH3 is 1. The van der Waals surface area contributed by atoms with Crippen LogP contribution in [0.4, 0.5) is 0 Å². The van der Waals surface area contributed by atoms with Gasteiger partial charge in [-0.15, -0.1) is 24.0 Å². The summed E-state index contributed by atoms with van der Waals surface area (Å²) in [5.41, 5.74) is 8.00. The third-order valence-corrected chi connectivity index (χ3v) is 2.84. The van der Waals surface area contributed by atoms with E-state index in [9.17, 15) is 0 Å². The van der Waals surface area contributed by atoms with Gasteiger partial charge in [0.15, 0.2) is 5.96 Å². The number of guanidine groups is 1. The van der Waals surface area contributed by atoms with Gasteiger partial charge in [0.25, 0.3) is 0 Å². The van der Waals surface area contributed by atoms with E-state index in [1.807, 2.05) is 32.0 Å². The number of hydrogen-bond donors (Lipinski definition) is 2. The van der Waals surface area contributed by atoms with E-state index in [1.165, 1.54) is 0 Å². The van der Waals surface area contributed by atoms with E-state index < -0.39 is 0 Å². The molecule has 0 bridgehead atoms. The fraction of sp³-hybridized carbons (Fsp3) is 0.533. The molecule has 0 aliphatic heterocycles. The Morgan fingerprint density at radius 1 is 1.38 bits per heavy atom. The van der Waals surface area contributed by atoms with Crippen LogP contribution in [0.5, 0.6) is 5.75 Å². The van der Waals surface area contributed by atoms with Gasteiger partial charge in [0, 0.05) is 25.3 Å². The molecule has 0 heterocycles. The van der Waals surface area contributed by atoms with Crippen LogP contribution in [-0.2, 0) is 11.3 Å². The molecule has 1 rings (SSSR count). The molecule has 0 fully saturated rings. The lowest BCUT2D eigenvalue weighted by molar-refractivity contribution is 0.145. The van der Waals surface area contributed by atoms with E-state index in [4.69, 9.17) is 15.2 Å². The highest BCUT2D eigenvalue weighted by molar-refractivity contribution is 14.0. The van der Waals surface area contributed by atoms with Crippen molar-refractivity contribution in [3.63, 3.8) is 0 Å². The van der Waals surface area contributed by atoms with Crippen molar-refractivity contribution in [2.75, 3.05) is 26.9 Å². The van der Waals surface area contributed by atoms with Crippen LogP contribution in [0.1, 0.15) is 24.5 Å². The molecule has 120 valence electrons. The van der Waals surface area contributed by atoms with Crippen molar-refractivity contribution in [2.45, 2.75) is 26.8 Å². The zero-order valence-electron chi connectivity index (χ0n) is 13.0. The summed E-state index contributed by atoms with van der Waals surface area (Å²) in [7, 11) is 1.66. The van der Waals surface area contributed by atoms with Crippen molar-refractivity contribution in [1.82, 2.24) is 5.32 Å². The van der Waals surface area contributed by atoms with Gasteiger partial charge in [0.2, 0.25) is 0 Å². The van der Waals surface area contributed by atoms with Crippen LogP contribution < -0.4 is 15.8 Å². The molecule has 0 amide bonds. The Bertz CT molecular complexity index is 439. The second-order valence-electron chi connectivity index (χ2n) is 4.49. The highest BCUT2D eigenvalue weighted by Gasteiger charge is 2.02. The summed E-state index contributed by atoms with van der Waals surface area (Å²) in [5, 5.41) is 3.07. The van der Waals surface area contributed by atoms with Crippen LogP contribution in [0.3, 0.4) is 0 Å². The topological polar surface area (TPSA) is 68.9 Å². The minimum Gasteiger partial charge on any atom is -0.496 e. The maximum absolute atomic E-state index is 5.81. The average Bonchev–Trinajstić information content (AvgIpc) is 2.45. The van der Waals surface area contributed by atoms with Crippen LogP contribution in [0.25, 0.3) is 0 Å². The highest BCUT2D eigenvalue weighted by atomic mass is 127. The summed E-state index contributed by atoms with van der Waals surface area (Å²) in [6, 6.07) is 6.05. The van der Waals surface area contributed by atoms with Crippen molar-refractivity contribution in [3.8, 4) is 5.75 Å². The molecule has 0 unspecified atom stereocenters. The van der Waals surface area contributed by atoms with Crippen LogP contribution in [0.2, 0.25) is 0 Å². The summed E-state index contributed by atoms with van der Waals surface area (Å²) in [6.45, 7) is 6.77. The number of benzene rings is 1. The average molecular weight is 407 g/mol. The number of aliphatic imine (C=N–C) groups is 1. The smallest absolute Gasteiger partial charge is 0.188 e. The lowest BCUT2D eigenvalue weighted by atomic mass is 10.1. The minimum absolute atomic E-state index is 0. The Morgan fingerprint density at radius 2 is 2.14 bits per heavy atom. The van der Waals surface area contributed by atoms with Gasteiger partial charge in [-0.3, -0.25) is 0 Å². The molecule has 0 radical (unpaired) electrons. The number of nitrogens with two attached hydrogens (primary N) is 1. The summed E-state index contributed by atoms with van der Waals surface area (Å²) in [6.07, 6.45) is 0.915. The van der Waals surface area contributed by atoms with Crippen molar-refractivity contribution < 1.29 is 9.47 Å². The van der Waals surface area contributed by atoms with Gasteiger partial charge in [-0.1, -0.05) is 12.1 Å². The number of ether oxygens (including phenoxy) is 2. The standard InChI is InChI=1S/C15H25N3O2.HI/c1-4-20-9-5-8-17-15(16)18-11-13-7-6-12(2)10-14(13)19-3;/h6-7,10H,4-5,8-9,11H2,1-3H3,(H3,16,17,18);1H. The molecule has 3 N–H and O–H groups in total. The molecule has 0 aliphatic rings. The molecule has 0 saturated carbocycles. The van der Waals surface area contributed by atoms with E-state index in [-0.39, 0.29) is 24.0 Å². The molecule has 0 spiro atoms. The zero-order chi connectivity index (χ0) is 14.8. The summed E-state index contributed by atoms with van der Waals surface area (Å²) in [5.74, 6) is 1.29. The maximum atomic E-state index is 5.81. The first-order valence-electron chi connectivity index (χ1n) is 6.92. The largest absolute Gasteiger partial charge is 0.496 e. The number of nitrogens with zero attached hydrogens (tertiary/aromatic N) is 1. The number of hydrogen-bond acceptors (Lipinski definition) is 3. The second-order valence-corrected chi connectivity index (χ2v) is 4.49. The van der Waals surface area contributed by atoms with Crippen molar-refractivity contribution in [1.29, 1.82) is 0 Å². The number of rotatable bonds is 8. The van der Waals surface area contributed by atoms with Crippen molar-refractivity contribution >= 4 is 29.9 Å². The number of aryl methyl sites for hydroxylation is 1. The molecular weight excluding hydrogens is 381 g/mol. The lowest BCUT2D eigenvalue weighted by Crippen LogP contribution is -2.32. The van der Waals surface area contributed by atoms with Gasteiger partial charge in [-0.2, -0.15) is 0 Å². The van der Waals surface area contributed by atoms with Crippen molar-refractivity contribution in [3.05, 3.63) is 29.3 Å². The normalized spacial score (nSPS) is 10.9. The van der Waals surface area contributed by atoms with Gasteiger partial charge < -0.3 is 20.5 Å². The predicted octanol–water partition coefficient (Wildman–Crippen LogP) is 2.45. The molecule has 1 aromatic carbocycles. The van der Waals surface area contributed by atoms with Gasteiger partial charge in [-0.05, 0) is 31.9 Å². The summed E-state index contributed by atoms with van der Waals surface area (Å²) >= 11 is 0. The Labute approximate surface area is 144 Å². The van der Waals surface area contributed by atoms with Gasteiger partial charge >= 0.3 is 0 Å². The summed E-state index contributed by atoms with van der Waals surface area (Å²) in [4.78, 5) is 4.31. The number of halogens is 1. The van der Waals surface area contributed by atoms with Crippen molar-refractivity contribution in [2.24, 2.45) is 10.7 Å². The first kappa shape index (κ1) is 20.0. The molecule has 0 aliphatic carbocycles. The van der Waals surface area contributed by atoms with Crippen LogP contribution in [0, 0.1) is 6.92 Å². The Kier molecular flexibility index (Phi) is 11.1. The number of nitrogens with one attached hydrogen (secondary N) is 1. The first-order chi connectivity index (χ1) is 9.67. The molecular formula is C15H26IN3O2. The predicted molar refractivity (Wildman–Crippen MR) is 97.6 cm³/mol. The molecule has 5 nitrogen and oxygen atoms in total. The van der Waals surface area contributed by atoms with Gasteiger partial charge in [0.05, 0.1) is 13.7 Å². The van der Waals surface area contributed by atoms with E-state index >= 15 is 0 Å². The minimum atomic E-state index is 0.